The SMILES string of the molecule is C1=Cc2nc1c(-c1cccnc1)c1nc(c(-c3cccnc3)c3ccc([nH]3)c(-c3cccnc3)c3ccc([nH]3)c2-c2cccnc2)C=C1. The standard InChI is InChI=1S/C40H26N8/c1-5-25(21-41-17-1)37-29-9-11-31(45-29)38(26-6-2-18-42-22-26)33-13-15-35(47-33)40(28-8-4-20-44-24-28)36-16-14-34(48-36)39(27-7-3-19-43-23-27)32-12-10-30(37)46-32/h1-24,45-46H. The topological polar surface area (TPSA) is 109 Å². The Hall–Kier alpha value is -6.80. The summed E-state index contributed by atoms with van der Waals surface area (Å²) in [6.45, 7) is 0. The minimum atomic E-state index is 0.801. The first-order valence-corrected chi connectivity index (χ1v) is 15.6. The second kappa shape index (κ2) is 11.5. The number of nitrogens with one attached hydrogen (secondary N) is 2. The molecule has 8 nitrogen and oxygen atoms in total. The molecule has 0 fully saturated rings. The largest absolute Gasteiger partial charge is 0.354 e. The molecule has 7 aromatic heterocycles. The van der Waals surface area contributed by atoms with E-state index in [0.717, 1.165) is 89.4 Å². The predicted molar refractivity (Wildman–Crippen MR) is 192 cm³/mol. The molecule has 2 N–H and O–H groups in total. The van der Waals surface area contributed by atoms with Crippen LogP contribution in [0.4, 0.5) is 0 Å². The molecule has 0 aliphatic carbocycles. The second-order valence-electron chi connectivity index (χ2n) is 11.5. The van der Waals surface area contributed by atoms with Gasteiger partial charge in [0.25, 0.3) is 0 Å². The minimum absolute atomic E-state index is 0.801. The van der Waals surface area contributed by atoms with Crippen molar-refractivity contribution < 1.29 is 0 Å². The lowest BCUT2D eigenvalue weighted by Gasteiger charge is -2.06. The molecule has 0 unspecified atom stereocenters. The smallest absolute Gasteiger partial charge is 0.0738 e. The van der Waals surface area contributed by atoms with E-state index in [1.165, 1.54) is 0 Å². The molecule has 0 aromatic carbocycles. The highest BCUT2D eigenvalue weighted by Crippen LogP contribution is 2.37. The molecule has 8 bridgehead atoms. The summed E-state index contributed by atoms with van der Waals surface area (Å²) in [6.07, 6.45) is 22.9. The highest BCUT2D eigenvalue weighted by molar-refractivity contribution is 5.99. The zero-order valence-electron chi connectivity index (χ0n) is 25.5. The van der Waals surface area contributed by atoms with E-state index >= 15 is 0 Å². The molecule has 9 heterocycles. The summed E-state index contributed by atoms with van der Waals surface area (Å²) in [7, 11) is 0. The Labute approximate surface area is 275 Å². The van der Waals surface area contributed by atoms with Crippen LogP contribution in [0.1, 0.15) is 22.8 Å². The van der Waals surface area contributed by atoms with Crippen LogP contribution in [0, 0.1) is 0 Å². The van der Waals surface area contributed by atoms with E-state index in [9.17, 15) is 0 Å². The number of H-pyrrole nitrogens is 2. The van der Waals surface area contributed by atoms with Crippen molar-refractivity contribution >= 4 is 46.4 Å². The fourth-order valence-electron chi connectivity index (χ4n) is 6.46. The van der Waals surface area contributed by atoms with E-state index < -0.39 is 0 Å². The van der Waals surface area contributed by atoms with Crippen LogP contribution in [0.3, 0.4) is 0 Å². The van der Waals surface area contributed by atoms with Gasteiger partial charge >= 0.3 is 0 Å². The Morgan fingerprint density at radius 1 is 0.333 bits per heavy atom. The van der Waals surface area contributed by atoms with E-state index in [-0.39, 0.29) is 0 Å². The van der Waals surface area contributed by atoms with E-state index in [4.69, 9.17) is 9.97 Å². The summed E-state index contributed by atoms with van der Waals surface area (Å²) >= 11 is 0. The molecule has 0 spiro atoms. The maximum Gasteiger partial charge on any atom is 0.0738 e. The normalized spacial score (nSPS) is 12.0. The van der Waals surface area contributed by atoms with Crippen LogP contribution < -0.4 is 0 Å². The van der Waals surface area contributed by atoms with Gasteiger partial charge in [0.15, 0.2) is 0 Å². The molecule has 0 amide bonds. The van der Waals surface area contributed by atoms with Gasteiger partial charge in [-0.25, -0.2) is 9.97 Å². The maximum atomic E-state index is 5.26. The van der Waals surface area contributed by atoms with Crippen molar-refractivity contribution in [3.63, 3.8) is 0 Å². The molecule has 0 atom stereocenters. The molecular formula is C40H26N8. The summed E-state index contributed by atoms with van der Waals surface area (Å²) < 4.78 is 0. The lowest BCUT2D eigenvalue weighted by Crippen LogP contribution is -1.91. The quantitative estimate of drug-likeness (QED) is 0.204. The molecule has 2 aliphatic rings. The molecule has 8 heteroatoms. The molecule has 9 rings (SSSR count). The van der Waals surface area contributed by atoms with Crippen LogP contribution >= 0.6 is 0 Å². The third-order valence-corrected chi connectivity index (χ3v) is 8.55. The number of nitrogens with zero attached hydrogens (tertiary/aromatic N) is 6. The minimum Gasteiger partial charge on any atom is -0.354 e. The van der Waals surface area contributed by atoms with Gasteiger partial charge in [-0.15, -0.1) is 0 Å². The molecule has 0 radical (unpaired) electrons. The lowest BCUT2D eigenvalue weighted by molar-refractivity contribution is 1.25. The first-order chi connectivity index (χ1) is 23.8. The van der Waals surface area contributed by atoms with Crippen molar-refractivity contribution in [3.05, 3.63) is 145 Å². The number of aromatic amines is 2. The monoisotopic (exact) mass is 618 g/mol. The molecule has 48 heavy (non-hydrogen) atoms. The van der Waals surface area contributed by atoms with Gasteiger partial charge in [0.05, 0.1) is 22.8 Å². The number of pyridine rings is 4. The average molecular weight is 619 g/mol. The Bertz CT molecular complexity index is 2400. The summed E-state index contributed by atoms with van der Waals surface area (Å²) in [5.41, 5.74) is 14.5. The van der Waals surface area contributed by atoms with Crippen LogP contribution in [-0.4, -0.2) is 39.9 Å². The first-order valence-electron chi connectivity index (χ1n) is 15.6. The zero-order chi connectivity index (χ0) is 31.9. The zero-order valence-corrected chi connectivity index (χ0v) is 25.5. The summed E-state index contributed by atoms with van der Waals surface area (Å²) in [6, 6.07) is 24.5. The second-order valence-corrected chi connectivity index (χ2v) is 11.5. The van der Waals surface area contributed by atoms with Gasteiger partial charge in [0.2, 0.25) is 0 Å². The van der Waals surface area contributed by atoms with Crippen LogP contribution in [0.15, 0.2) is 122 Å². The lowest BCUT2D eigenvalue weighted by atomic mass is 10.0. The number of hydrogen-bond acceptors (Lipinski definition) is 6. The Kier molecular flexibility index (Phi) is 6.61. The van der Waals surface area contributed by atoms with Gasteiger partial charge in [0.1, 0.15) is 0 Å². The molecule has 7 aromatic rings. The third-order valence-electron chi connectivity index (χ3n) is 8.55. The van der Waals surface area contributed by atoms with E-state index in [1.54, 1.807) is 24.8 Å². The van der Waals surface area contributed by atoms with Gasteiger partial charge in [0, 0.05) is 116 Å². The fourth-order valence-corrected chi connectivity index (χ4v) is 6.46. The van der Waals surface area contributed by atoms with Gasteiger partial charge in [-0.3, -0.25) is 19.9 Å². The van der Waals surface area contributed by atoms with Gasteiger partial charge in [-0.1, -0.05) is 24.3 Å². The van der Waals surface area contributed by atoms with Crippen molar-refractivity contribution in [2.75, 3.05) is 0 Å². The Morgan fingerprint density at radius 2 is 0.646 bits per heavy atom. The summed E-state index contributed by atoms with van der Waals surface area (Å²) in [4.78, 5) is 35.8. The van der Waals surface area contributed by atoms with E-state index in [0.29, 0.717) is 0 Å². The summed E-state index contributed by atoms with van der Waals surface area (Å²) in [5.74, 6) is 0. The van der Waals surface area contributed by atoms with Crippen molar-refractivity contribution in [2.45, 2.75) is 0 Å². The highest BCUT2D eigenvalue weighted by Gasteiger charge is 2.19. The van der Waals surface area contributed by atoms with Crippen molar-refractivity contribution in [3.8, 4) is 44.5 Å². The van der Waals surface area contributed by atoms with Crippen molar-refractivity contribution in [1.82, 2.24) is 39.9 Å². The molecule has 0 saturated heterocycles. The van der Waals surface area contributed by atoms with Gasteiger partial charge in [-0.05, 0) is 72.8 Å². The Morgan fingerprint density at radius 3 is 1.00 bits per heavy atom. The maximum absolute atomic E-state index is 5.26. The third kappa shape index (κ3) is 4.80. The molecule has 226 valence electrons. The first kappa shape index (κ1) is 27.5. The molecule has 0 saturated carbocycles. The predicted octanol–water partition coefficient (Wildman–Crippen LogP) is 8.90. The number of fused-ring (bicyclic) bond motifs is 8. The van der Waals surface area contributed by atoms with Crippen molar-refractivity contribution in [1.29, 1.82) is 0 Å². The molecule has 2 aliphatic heterocycles. The summed E-state index contributed by atoms with van der Waals surface area (Å²) in [5, 5.41) is 0. The number of rotatable bonds is 4. The van der Waals surface area contributed by atoms with E-state index in [2.05, 4.69) is 96.7 Å². The highest BCUT2D eigenvalue weighted by atomic mass is 14.8. The van der Waals surface area contributed by atoms with Crippen LogP contribution in [-0.2, 0) is 0 Å². The van der Waals surface area contributed by atoms with Crippen LogP contribution in [0.2, 0.25) is 0 Å². The van der Waals surface area contributed by atoms with Crippen molar-refractivity contribution in [2.24, 2.45) is 0 Å². The van der Waals surface area contributed by atoms with Crippen LogP contribution in [0.25, 0.3) is 90.9 Å². The number of aromatic nitrogens is 8. The average Bonchev–Trinajstić information content (AvgIpc) is 3.98. The Balaban J connectivity index is 1.49. The van der Waals surface area contributed by atoms with Gasteiger partial charge < -0.3 is 9.97 Å². The fraction of sp³-hybridized carbons (Fsp3) is 0. The van der Waals surface area contributed by atoms with Crippen LogP contribution in [0.5, 0.6) is 0 Å². The van der Waals surface area contributed by atoms with E-state index in [1.807, 2.05) is 55.1 Å². The molecular weight excluding hydrogens is 592 g/mol. The van der Waals surface area contributed by atoms with Gasteiger partial charge in [-0.2, -0.15) is 0 Å². The number of hydrogen-bond donors (Lipinski definition) is 2.